The van der Waals surface area contributed by atoms with E-state index in [9.17, 15) is 13.6 Å². The van der Waals surface area contributed by atoms with E-state index in [2.05, 4.69) is 25.3 Å². The SMILES string of the molecule is Cc1cc(C2(C)C(=O)Nc3nc(-c4cn5ccnc5c(Cc5ccccc5F)n4)nc(N)c32)cc(F)c1Cl. The highest BCUT2D eigenvalue weighted by atomic mass is 35.5. The van der Waals surface area contributed by atoms with Crippen LogP contribution in [-0.2, 0) is 16.6 Å². The van der Waals surface area contributed by atoms with Crippen molar-refractivity contribution in [3.05, 3.63) is 99.6 Å². The summed E-state index contributed by atoms with van der Waals surface area (Å²) in [5, 5.41) is 2.75. The Kier molecular flexibility index (Phi) is 5.39. The second kappa shape index (κ2) is 8.56. The van der Waals surface area contributed by atoms with E-state index in [4.69, 9.17) is 17.3 Å². The maximum Gasteiger partial charge on any atom is 0.240 e. The fourth-order valence-corrected chi connectivity index (χ4v) is 4.97. The Balaban J connectivity index is 1.47. The minimum atomic E-state index is -1.34. The highest BCUT2D eigenvalue weighted by Crippen LogP contribution is 2.45. The molecule has 1 aliphatic heterocycles. The van der Waals surface area contributed by atoms with Crippen molar-refractivity contribution in [3.8, 4) is 11.5 Å². The molecule has 0 aliphatic carbocycles. The number of nitrogen functional groups attached to an aromatic ring is 1. The number of amides is 1. The fraction of sp³-hybridized carbons (Fsp3) is 0.148. The van der Waals surface area contributed by atoms with Crippen molar-refractivity contribution in [2.45, 2.75) is 25.7 Å². The van der Waals surface area contributed by atoms with Crippen LogP contribution in [0, 0.1) is 18.6 Å². The number of rotatable bonds is 4. The first-order chi connectivity index (χ1) is 18.2. The van der Waals surface area contributed by atoms with Crippen LogP contribution < -0.4 is 11.1 Å². The number of aryl methyl sites for hydroxylation is 1. The summed E-state index contributed by atoms with van der Waals surface area (Å²) in [4.78, 5) is 31.3. The van der Waals surface area contributed by atoms with Crippen LogP contribution in [0.25, 0.3) is 17.2 Å². The van der Waals surface area contributed by atoms with Crippen molar-refractivity contribution in [1.82, 2.24) is 24.3 Å². The average molecular weight is 532 g/mol. The summed E-state index contributed by atoms with van der Waals surface area (Å²) in [7, 11) is 0. The van der Waals surface area contributed by atoms with Gasteiger partial charge in [-0.05, 0) is 42.7 Å². The summed E-state index contributed by atoms with van der Waals surface area (Å²) in [6.45, 7) is 3.30. The fourth-order valence-electron chi connectivity index (χ4n) is 4.86. The normalized spacial score (nSPS) is 16.6. The van der Waals surface area contributed by atoms with Crippen LogP contribution in [0.1, 0.15) is 34.9 Å². The summed E-state index contributed by atoms with van der Waals surface area (Å²) >= 11 is 6.00. The maximum absolute atomic E-state index is 14.5. The number of imidazole rings is 1. The lowest BCUT2D eigenvalue weighted by atomic mass is 9.77. The summed E-state index contributed by atoms with van der Waals surface area (Å²) in [6.07, 6.45) is 5.22. The molecule has 190 valence electrons. The quantitative estimate of drug-likeness (QED) is 0.343. The molecule has 0 radical (unpaired) electrons. The molecule has 5 aromatic rings. The van der Waals surface area contributed by atoms with Gasteiger partial charge in [0.1, 0.15) is 34.4 Å². The second-order valence-electron chi connectivity index (χ2n) is 9.32. The van der Waals surface area contributed by atoms with Gasteiger partial charge in [-0.2, -0.15) is 0 Å². The Hall–Kier alpha value is -4.44. The number of nitrogens with two attached hydrogens (primary N) is 1. The Morgan fingerprint density at radius 2 is 1.92 bits per heavy atom. The molecule has 0 spiro atoms. The van der Waals surface area contributed by atoms with E-state index in [0.717, 1.165) is 0 Å². The Morgan fingerprint density at radius 3 is 2.68 bits per heavy atom. The standard InChI is InChI=1S/C27H20ClF2N7O/c1-13-9-15(11-17(30)21(13)28)27(2)20-22(31)34-23(35-24(20)36-26(27)38)19-12-37-8-7-32-25(37)18(33-19)10-14-5-3-4-6-16(14)29/h3-9,11-12H,10H2,1-2H3,(H3,31,34,35,36,38). The summed E-state index contributed by atoms with van der Waals surface area (Å²) in [5.41, 5.74) is 8.16. The molecule has 1 aliphatic rings. The predicted molar refractivity (Wildman–Crippen MR) is 139 cm³/mol. The number of nitrogens with one attached hydrogen (secondary N) is 1. The van der Waals surface area contributed by atoms with Crippen LogP contribution in [0.2, 0.25) is 5.02 Å². The van der Waals surface area contributed by atoms with Crippen LogP contribution in [-0.4, -0.2) is 30.2 Å². The number of fused-ring (bicyclic) bond motifs is 2. The molecule has 0 fully saturated rings. The zero-order chi connectivity index (χ0) is 26.8. The van der Waals surface area contributed by atoms with Gasteiger partial charge in [0.05, 0.1) is 16.3 Å². The first-order valence-electron chi connectivity index (χ1n) is 11.7. The lowest BCUT2D eigenvalue weighted by Gasteiger charge is -2.24. The molecule has 8 nitrogen and oxygen atoms in total. The van der Waals surface area contributed by atoms with Gasteiger partial charge in [0.15, 0.2) is 11.5 Å². The third-order valence-electron chi connectivity index (χ3n) is 6.90. The van der Waals surface area contributed by atoms with Crippen LogP contribution in [0.4, 0.5) is 20.4 Å². The van der Waals surface area contributed by atoms with E-state index in [-0.39, 0.29) is 34.7 Å². The Bertz CT molecular complexity index is 1760. The molecule has 0 saturated carbocycles. The molecule has 0 saturated heterocycles. The van der Waals surface area contributed by atoms with E-state index in [1.54, 1.807) is 61.1 Å². The Labute approximate surface area is 220 Å². The zero-order valence-corrected chi connectivity index (χ0v) is 21.0. The molecule has 38 heavy (non-hydrogen) atoms. The van der Waals surface area contributed by atoms with Gasteiger partial charge < -0.3 is 15.5 Å². The topological polar surface area (TPSA) is 111 Å². The molecule has 0 bridgehead atoms. The van der Waals surface area contributed by atoms with Gasteiger partial charge in [-0.1, -0.05) is 35.9 Å². The van der Waals surface area contributed by atoms with Crippen LogP contribution in [0.3, 0.4) is 0 Å². The van der Waals surface area contributed by atoms with E-state index < -0.39 is 17.1 Å². The Morgan fingerprint density at radius 1 is 1.13 bits per heavy atom. The predicted octanol–water partition coefficient (Wildman–Crippen LogP) is 4.86. The van der Waals surface area contributed by atoms with Crippen molar-refractivity contribution in [1.29, 1.82) is 0 Å². The van der Waals surface area contributed by atoms with Crippen molar-refractivity contribution < 1.29 is 13.6 Å². The van der Waals surface area contributed by atoms with E-state index in [1.807, 2.05) is 0 Å². The monoisotopic (exact) mass is 531 g/mol. The largest absolute Gasteiger partial charge is 0.383 e. The van der Waals surface area contributed by atoms with Gasteiger partial charge >= 0.3 is 0 Å². The first kappa shape index (κ1) is 23.9. The summed E-state index contributed by atoms with van der Waals surface area (Å²) < 4.78 is 30.6. The minimum Gasteiger partial charge on any atom is -0.383 e. The number of halogens is 3. The highest BCUT2D eigenvalue weighted by molar-refractivity contribution is 6.31. The molecule has 1 atom stereocenters. The van der Waals surface area contributed by atoms with Gasteiger partial charge in [-0.3, -0.25) is 4.79 Å². The van der Waals surface area contributed by atoms with Crippen molar-refractivity contribution in [2.75, 3.05) is 11.1 Å². The third kappa shape index (κ3) is 3.59. The number of aromatic nitrogens is 5. The lowest BCUT2D eigenvalue weighted by molar-refractivity contribution is -0.119. The van der Waals surface area contributed by atoms with Crippen molar-refractivity contribution in [3.63, 3.8) is 0 Å². The number of carbonyl (C=O) groups excluding carboxylic acids is 1. The number of benzene rings is 2. The lowest BCUT2D eigenvalue weighted by Crippen LogP contribution is -2.33. The van der Waals surface area contributed by atoms with Crippen LogP contribution in [0.15, 0.2) is 55.0 Å². The molecule has 3 aromatic heterocycles. The van der Waals surface area contributed by atoms with Gasteiger partial charge in [0, 0.05) is 25.0 Å². The smallest absolute Gasteiger partial charge is 0.240 e. The van der Waals surface area contributed by atoms with Crippen LogP contribution in [0.5, 0.6) is 0 Å². The molecule has 1 amide bonds. The number of nitrogens with zero attached hydrogens (tertiary/aromatic N) is 5. The summed E-state index contributed by atoms with van der Waals surface area (Å²) in [5.74, 6) is -1.00. The van der Waals surface area contributed by atoms with E-state index in [0.29, 0.717) is 39.3 Å². The van der Waals surface area contributed by atoms with E-state index >= 15 is 0 Å². The molecule has 11 heteroatoms. The van der Waals surface area contributed by atoms with Gasteiger partial charge in [-0.15, -0.1) is 0 Å². The van der Waals surface area contributed by atoms with Gasteiger partial charge in [-0.25, -0.2) is 28.7 Å². The number of hydrogen-bond donors (Lipinski definition) is 2. The highest BCUT2D eigenvalue weighted by Gasteiger charge is 2.48. The maximum atomic E-state index is 14.5. The molecule has 6 rings (SSSR count). The molecular formula is C27H20ClF2N7O. The molecule has 2 aromatic carbocycles. The first-order valence-corrected chi connectivity index (χ1v) is 12.1. The van der Waals surface area contributed by atoms with Gasteiger partial charge in [0.2, 0.25) is 5.91 Å². The molecule has 4 heterocycles. The number of carbonyl (C=O) groups is 1. The average Bonchev–Trinajstić information content (AvgIpc) is 3.46. The molecule has 1 unspecified atom stereocenters. The van der Waals surface area contributed by atoms with Crippen LogP contribution >= 0.6 is 11.6 Å². The number of hydrogen-bond acceptors (Lipinski definition) is 6. The molecular weight excluding hydrogens is 512 g/mol. The summed E-state index contributed by atoms with van der Waals surface area (Å²) in [6, 6.07) is 9.32. The third-order valence-corrected chi connectivity index (χ3v) is 7.38. The second-order valence-corrected chi connectivity index (χ2v) is 9.70. The van der Waals surface area contributed by atoms with Crippen molar-refractivity contribution >= 4 is 34.8 Å². The van der Waals surface area contributed by atoms with E-state index in [1.165, 1.54) is 12.1 Å². The van der Waals surface area contributed by atoms with Crippen molar-refractivity contribution in [2.24, 2.45) is 0 Å². The minimum absolute atomic E-state index is 0.0114. The zero-order valence-electron chi connectivity index (χ0n) is 20.3. The number of anilines is 2. The van der Waals surface area contributed by atoms with Gasteiger partial charge in [0.25, 0.3) is 0 Å². The molecule has 3 N–H and O–H groups in total.